The molecular weight excluding hydrogens is 204 g/mol. The molecule has 2 rings (SSSR count). The lowest BCUT2D eigenvalue weighted by Crippen LogP contribution is -2.43. The van der Waals surface area contributed by atoms with Crippen molar-refractivity contribution < 1.29 is 9.59 Å². The number of carbonyl (C=O) groups excluding carboxylic acids is 2. The summed E-state index contributed by atoms with van der Waals surface area (Å²) in [5, 5.41) is 2.84. The molecular formula is C12H14N2O2. The van der Waals surface area contributed by atoms with Gasteiger partial charge in [-0.15, -0.1) is 0 Å². The molecule has 1 unspecified atom stereocenters. The van der Waals surface area contributed by atoms with Crippen molar-refractivity contribution in [3.63, 3.8) is 0 Å². The normalized spacial score (nSPS) is 19.9. The van der Waals surface area contributed by atoms with Gasteiger partial charge in [-0.2, -0.15) is 0 Å². The quantitative estimate of drug-likeness (QED) is 0.805. The number of hydrogen-bond acceptors (Lipinski definition) is 2. The van der Waals surface area contributed by atoms with E-state index in [4.69, 9.17) is 0 Å². The van der Waals surface area contributed by atoms with Gasteiger partial charge < -0.3 is 10.2 Å². The van der Waals surface area contributed by atoms with Crippen LogP contribution in [0.5, 0.6) is 0 Å². The van der Waals surface area contributed by atoms with Crippen LogP contribution in [-0.2, 0) is 4.79 Å². The van der Waals surface area contributed by atoms with E-state index in [-0.39, 0.29) is 18.0 Å². The zero-order chi connectivity index (χ0) is 11.5. The van der Waals surface area contributed by atoms with Crippen molar-refractivity contribution in [1.82, 2.24) is 10.2 Å². The number of likely N-dealkylation sites (tertiary alicyclic amines) is 1. The summed E-state index contributed by atoms with van der Waals surface area (Å²) in [4.78, 5) is 24.7. The fourth-order valence-electron chi connectivity index (χ4n) is 1.80. The predicted octanol–water partition coefficient (Wildman–Crippen LogP) is 0.995. The van der Waals surface area contributed by atoms with Gasteiger partial charge in [0.05, 0.1) is 0 Å². The maximum Gasteiger partial charge on any atom is 0.252 e. The molecule has 0 aliphatic carbocycles. The smallest absolute Gasteiger partial charge is 0.252 e. The van der Waals surface area contributed by atoms with Gasteiger partial charge in [-0.05, 0) is 18.6 Å². The van der Waals surface area contributed by atoms with Crippen LogP contribution in [-0.4, -0.2) is 29.9 Å². The summed E-state index contributed by atoms with van der Waals surface area (Å²) in [6, 6.07) is 9.01. The van der Waals surface area contributed by atoms with Gasteiger partial charge in [0.15, 0.2) is 0 Å². The molecule has 1 aliphatic rings. The Kier molecular flexibility index (Phi) is 2.90. The number of nitrogens with one attached hydrogen (secondary N) is 1. The summed E-state index contributed by atoms with van der Waals surface area (Å²) in [7, 11) is 1.71. The molecule has 0 bridgehead atoms. The van der Waals surface area contributed by atoms with E-state index in [2.05, 4.69) is 5.32 Å². The second-order valence-electron chi connectivity index (χ2n) is 3.90. The van der Waals surface area contributed by atoms with Crippen molar-refractivity contribution >= 4 is 11.8 Å². The fraction of sp³-hybridized carbons (Fsp3) is 0.333. The second kappa shape index (κ2) is 4.35. The molecule has 1 heterocycles. The van der Waals surface area contributed by atoms with Crippen LogP contribution in [0.25, 0.3) is 0 Å². The highest BCUT2D eigenvalue weighted by Gasteiger charge is 2.28. The number of benzene rings is 1. The summed E-state index contributed by atoms with van der Waals surface area (Å²) in [5.74, 6) is -0.0505. The highest BCUT2D eigenvalue weighted by molar-refractivity contribution is 5.94. The van der Waals surface area contributed by atoms with Crippen LogP contribution in [0, 0.1) is 0 Å². The predicted molar refractivity (Wildman–Crippen MR) is 59.7 cm³/mol. The Morgan fingerprint density at radius 3 is 2.62 bits per heavy atom. The Hall–Kier alpha value is -1.84. The highest BCUT2D eigenvalue weighted by Crippen LogP contribution is 2.14. The van der Waals surface area contributed by atoms with Crippen LogP contribution in [0.2, 0.25) is 0 Å². The maximum atomic E-state index is 11.8. The van der Waals surface area contributed by atoms with E-state index < -0.39 is 0 Å². The Labute approximate surface area is 94.2 Å². The molecule has 4 nitrogen and oxygen atoms in total. The number of rotatable bonds is 2. The number of carbonyl (C=O) groups is 2. The van der Waals surface area contributed by atoms with Crippen molar-refractivity contribution in [1.29, 1.82) is 0 Å². The topological polar surface area (TPSA) is 49.4 Å². The Balaban J connectivity index is 2.01. The Morgan fingerprint density at radius 2 is 2.06 bits per heavy atom. The number of hydrogen-bond donors (Lipinski definition) is 1. The molecule has 1 saturated heterocycles. The van der Waals surface area contributed by atoms with Crippen molar-refractivity contribution in [2.75, 3.05) is 7.05 Å². The van der Waals surface area contributed by atoms with E-state index in [1.807, 2.05) is 18.2 Å². The van der Waals surface area contributed by atoms with Gasteiger partial charge in [0.1, 0.15) is 6.17 Å². The second-order valence-corrected chi connectivity index (χ2v) is 3.90. The van der Waals surface area contributed by atoms with Crippen LogP contribution in [0.1, 0.15) is 23.2 Å². The van der Waals surface area contributed by atoms with Gasteiger partial charge >= 0.3 is 0 Å². The lowest BCUT2D eigenvalue weighted by atomic mass is 10.2. The fourth-order valence-corrected chi connectivity index (χ4v) is 1.80. The van der Waals surface area contributed by atoms with E-state index in [1.54, 1.807) is 24.1 Å². The Bertz CT molecular complexity index is 403. The summed E-state index contributed by atoms with van der Waals surface area (Å²) >= 11 is 0. The van der Waals surface area contributed by atoms with Gasteiger partial charge in [0.25, 0.3) is 5.91 Å². The summed E-state index contributed by atoms with van der Waals surface area (Å²) in [5.41, 5.74) is 0.621. The summed E-state index contributed by atoms with van der Waals surface area (Å²) in [6.07, 6.45) is 1.03. The zero-order valence-electron chi connectivity index (χ0n) is 9.14. The standard InChI is InChI=1S/C12H14N2O2/c1-14-10(7-8-11(14)15)13-12(16)9-5-3-2-4-6-9/h2-6,10H,7-8H2,1H3,(H,13,16). The first kappa shape index (κ1) is 10.7. The third-order valence-corrected chi connectivity index (χ3v) is 2.83. The van der Waals surface area contributed by atoms with Crippen molar-refractivity contribution in [2.45, 2.75) is 19.0 Å². The van der Waals surface area contributed by atoms with Crippen LogP contribution in [0.3, 0.4) is 0 Å². The van der Waals surface area contributed by atoms with E-state index in [0.29, 0.717) is 18.4 Å². The molecule has 1 atom stereocenters. The average molecular weight is 218 g/mol. The molecule has 0 saturated carbocycles. The first-order chi connectivity index (χ1) is 7.68. The van der Waals surface area contributed by atoms with E-state index in [1.165, 1.54) is 0 Å². The molecule has 84 valence electrons. The van der Waals surface area contributed by atoms with Crippen LogP contribution < -0.4 is 5.32 Å². The minimum atomic E-state index is -0.166. The van der Waals surface area contributed by atoms with Crippen molar-refractivity contribution in [3.8, 4) is 0 Å². The molecule has 1 fully saturated rings. The van der Waals surface area contributed by atoms with E-state index in [0.717, 1.165) is 0 Å². The lowest BCUT2D eigenvalue weighted by molar-refractivity contribution is -0.127. The molecule has 0 spiro atoms. The van der Waals surface area contributed by atoms with Gasteiger partial charge in [-0.1, -0.05) is 18.2 Å². The first-order valence-corrected chi connectivity index (χ1v) is 5.30. The zero-order valence-corrected chi connectivity index (χ0v) is 9.14. The molecule has 2 amide bonds. The van der Waals surface area contributed by atoms with Crippen LogP contribution in [0.15, 0.2) is 30.3 Å². The molecule has 1 N–H and O–H groups in total. The number of nitrogens with zero attached hydrogens (tertiary/aromatic N) is 1. The minimum Gasteiger partial charge on any atom is -0.332 e. The molecule has 0 radical (unpaired) electrons. The maximum absolute atomic E-state index is 11.8. The minimum absolute atomic E-state index is 0.0818. The van der Waals surface area contributed by atoms with Crippen LogP contribution in [0.4, 0.5) is 0 Å². The molecule has 16 heavy (non-hydrogen) atoms. The number of amides is 2. The molecule has 1 aliphatic heterocycles. The largest absolute Gasteiger partial charge is 0.332 e. The van der Waals surface area contributed by atoms with Gasteiger partial charge in [0.2, 0.25) is 5.91 Å². The SMILES string of the molecule is CN1C(=O)CCC1NC(=O)c1ccccc1. The molecule has 0 aromatic heterocycles. The molecule has 1 aromatic rings. The molecule has 1 aromatic carbocycles. The van der Waals surface area contributed by atoms with Gasteiger partial charge in [-0.25, -0.2) is 0 Å². The first-order valence-electron chi connectivity index (χ1n) is 5.30. The van der Waals surface area contributed by atoms with Crippen LogP contribution >= 0.6 is 0 Å². The summed E-state index contributed by atoms with van der Waals surface area (Å²) in [6.45, 7) is 0. The summed E-state index contributed by atoms with van der Waals surface area (Å²) < 4.78 is 0. The highest BCUT2D eigenvalue weighted by atomic mass is 16.2. The van der Waals surface area contributed by atoms with Crippen molar-refractivity contribution in [3.05, 3.63) is 35.9 Å². The molecule has 4 heteroatoms. The Morgan fingerprint density at radius 1 is 1.38 bits per heavy atom. The van der Waals surface area contributed by atoms with E-state index in [9.17, 15) is 9.59 Å². The third kappa shape index (κ3) is 2.05. The monoisotopic (exact) mass is 218 g/mol. The van der Waals surface area contributed by atoms with Gasteiger partial charge in [-0.3, -0.25) is 9.59 Å². The average Bonchev–Trinajstić information content (AvgIpc) is 2.62. The van der Waals surface area contributed by atoms with E-state index >= 15 is 0 Å². The lowest BCUT2D eigenvalue weighted by Gasteiger charge is -2.20. The third-order valence-electron chi connectivity index (χ3n) is 2.83. The van der Waals surface area contributed by atoms with Gasteiger partial charge in [0, 0.05) is 19.0 Å². The van der Waals surface area contributed by atoms with Crippen molar-refractivity contribution in [2.24, 2.45) is 0 Å².